The maximum atomic E-state index is 7.64. The van der Waals surface area contributed by atoms with E-state index in [4.69, 9.17) is 21.8 Å². The lowest BCUT2D eigenvalue weighted by Gasteiger charge is -2.40. The number of hydrogen-bond donors (Lipinski definition) is 0. The van der Waals surface area contributed by atoms with Crippen molar-refractivity contribution in [3.8, 4) is 0 Å². The second kappa shape index (κ2) is 23.5. The Bertz CT molecular complexity index is 5290. The van der Waals surface area contributed by atoms with Crippen LogP contribution in [0.1, 0.15) is 31.8 Å². The number of fused-ring (bicyclic) bond motifs is 13. The molecule has 0 amide bonds. The molecular weight excluding hydrogens is 1160 g/mol. The van der Waals surface area contributed by atoms with Crippen molar-refractivity contribution < 1.29 is 21.8 Å². The summed E-state index contributed by atoms with van der Waals surface area (Å²) in [5.74, 6) is 8.50. The number of para-hydroxylation sites is 3. The van der Waals surface area contributed by atoms with E-state index in [1.165, 1.54) is 22.0 Å². The first-order valence-electron chi connectivity index (χ1n) is 33.2. The molecule has 0 aliphatic carbocycles. The van der Waals surface area contributed by atoms with Gasteiger partial charge in [0.05, 0.1) is 11.4 Å². The lowest BCUT2D eigenvalue weighted by Crippen LogP contribution is -2.55. The van der Waals surface area contributed by atoms with Crippen LogP contribution in [-0.2, 0) is 0 Å². The van der Waals surface area contributed by atoms with Gasteiger partial charge in [-0.05, 0) is 124 Å². The Morgan fingerprint density at radius 2 is 0.753 bits per heavy atom. The Morgan fingerprint density at radius 1 is 0.387 bits per heavy atom. The molecule has 464 valence electrons. The quantitative estimate of drug-likeness (QED) is 0.185. The van der Waals surface area contributed by atoms with Gasteiger partial charge < -0.3 is 56.9 Å². The summed E-state index contributed by atoms with van der Waals surface area (Å²) in [5.41, 5.74) is 9.88. The predicted molar refractivity (Wildman–Crippen MR) is 375 cm³/mol. The third-order valence-corrected chi connectivity index (χ3v) is 18.7. The molecule has 16 heterocycles. The van der Waals surface area contributed by atoms with Crippen LogP contribution in [0.25, 0.3) is 93.1 Å². The number of nitrogens with zero attached hydrogens (tertiary/aromatic N) is 16. The maximum absolute atomic E-state index is 7.64. The summed E-state index contributed by atoms with van der Waals surface area (Å²) in [6.45, 7) is 15.5. The van der Waals surface area contributed by atoms with Crippen molar-refractivity contribution in [3.05, 3.63) is 208 Å². The monoisotopic (exact) mass is 1240 g/mol. The lowest BCUT2D eigenvalue weighted by atomic mass is 9.63. The van der Waals surface area contributed by atoms with Crippen LogP contribution in [0.4, 0.5) is 17.1 Å². The molecular formula is C69H72B4N16O4. The molecule has 24 heteroatoms. The molecule has 8 aromatic heterocycles. The van der Waals surface area contributed by atoms with Gasteiger partial charge in [0.25, 0.3) is 0 Å². The first kappa shape index (κ1) is 55.1. The van der Waals surface area contributed by atoms with Gasteiger partial charge in [0.1, 0.15) is 46.3 Å². The molecule has 0 fully saturated rings. The van der Waals surface area contributed by atoms with Crippen LogP contribution < -0.4 is 57.3 Å². The maximum Gasteiger partial charge on any atom is 0.306 e. The number of hydrazine groups is 4. The minimum absolute atomic E-state index is 0.0294. The van der Waals surface area contributed by atoms with Crippen molar-refractivity contribution in [1.29, 1.82) is 0 Å². The van der Waals surface area contributed by atoms with Crippen LogP contribution in [-0.4, -0.2) is 138 Å². The van der Waals surface area contributed by atoms with Crippen LogP contribution in [0, 0.1) is 0 Å². The molecule has 0 radical (unpaired) electrons. The van der Waals surface area contributed by atoms with E-state index in [-0.39, 0.29) is 45.9 Å². The fourth-order valence-electron chi connectivity index (χ4n) is 13.4. The zero-order chi connectivity index (χ0) is 66.4. The molecule has 8 aliphatic heterocycles. The van der Waals surface area contributed by atoms with E-state index in [0.717, 1.165) is 64.1 Å². The minimum atomic E-state index is -2.16. The summed E-state index contributed by atoms with van der Waals surface area (Å²) < 4.78 is 46.4. The van der Waals surface area contributed by atoms with E-state index in [0.29, 0.717) is 29.0 Å². The third kappa shape index (κ3) is 10.2. The molecule has 0 saturated carbocycles. The summed E-state index contributed by atoms with van der Waals surface area (Å²) in [5, 5.41) is 17.1. The molecule has 0 bridgehead atoms. The topological polar surface area (TPSA) is 143 Å². The Hall–Kier alpha value is -10.8. The summed E-state index contributed by atoms with van der Waals surface area (Å²) in [6.07, 6.45) is 27.8. The Morgan fingerprint density at radius 3 is 1.16 bits per heavy atom. The fraction of sp³-hybridized carbons (Fsp3) is 0.217. The van der Waals surface area contributed by atoms with Gasteiger partial charge in [-0.2, -0.15) is 0 Å². The number of aromatic nitrogens is 4. The first-order chi connectivity index (χ1) is 46.4. The standard InChI is InChI=1S/C20H19BN4O.C19H19BN4O.2C15H17BN4O/c1-15-23(16-7-4-3-5-8-16)11-12-24(15)25-14-18-17-9-6-10-22-20(17)26-19(18)13-21(25)2;1-13-22(3)16-8-4-5-9-17(16)24(13)23-12-15-14-7-6-10-21-19(14)25-18(15)11-20(23)2;2*1-11-18(3)7-8-19(11)20-10-13-12-5-4-6-17-15(12)21-14(13)9-16(20)2/h3-15H,1-2H3;4-13H,1-3H3;2*4-11H,1-3H3/t15-;13-;2*11-/m0000/s1/i;;3D3;. The molecule has 0 N–H and O–H groups in total. The SMILES string of the molecule is CB1C=c2oc3ncccc3c2=CN1N1C=CN(C)[C@@H]1C.CB1C=c2oc3ncccc3c2=CN1N1C=CN(c2ccccc2)[C@@H]1C.CB1C=c2oc3ncccc3c2=CN1N1c2ccccc2N(C)[C@@H]1C.[2H]C([2H])([2H])N1C=CN(N2C=c3c(oc4ncccc34)=CB2C)[C@H]1C. The van der Waals surface area contributed by atoms with Gasteiger partial charge in [0.15, 0.2) is 0 Å². The number of pyridine rings is 4. The van der Waals surface area contributed by atoms with E-state index >= 15 is 0 Å². The van der Waals surface area contributed by atoms with Crippen molar-refractivity contribution in [3.63, 3.8) is 0 Å². The highest BCUT2D eigenvalue weighted by molar-refractivity contribution is 6.71. The van der Waals surface area contributed by atoms with E-state index in [1.54, 1.807) is 37.2 Å². The Kier molecular flexibility index (Phi) is 13.9. The van der Waals surface area contributed by atoms with Gasteiger partial charge in [-0.15, -0.1) is 0 Å². The van der Waals surface area contributed by atoms with E-state index in [1.807, 2.05) is 72.2 Å². The van der Waals surface area contributed by atoms with Gasteiger partial charge in [0.2, 0.25) is 22.9 Å². The molecule has 18 rings (SSSR count). The van der Waals surface area contributed by atoms with Gasteiger partial charge in [-0.1, -0.05) is 57.6 Å². The highest BCUT2D eigenvalue weighted by atomic mass is 16.3. The zero-order valence-electron chi connectivity index (χ0n) is 56.6. The smallest absolute Gasteiger partial charge is 0.306 e. The first-order valence-corrected chi connectivity index (χ1v) is 31.7. The summed E-state index contributed by atoms with van der Waals surface area (Å²) in [4.78, 5) is 34.2. The van der Waals surface area contributed by atoms with Gasteiger partial charge in [0, 0.05) is 160 Å². The number of rotatable bonds is 5. The van der Waals surface area contributed by atoms with Crippen molar-refractivity contribution in [1.82, 2.24) is 64.4 Å². The van der Waals surface area contributed by atoms with E-state index in [9.17, 15) is 0 Å². The predicted octanol–water partition coefficient (Wildman–Crippen LogP) is 6.02. The van der Waals surface area contributed by atoms with Crippen LogP contribution in [0.15, 0.2) is 183 Å². The number of furan rings is 4. The third-order valence-electron chi connectivity index (χ3n) is 18.7. The Balaban J connectivity index is 0.000000105. The number of anilines is 3. The van der Waals surface area contributed by atoms with Crippen LogP contribution in [0.2, 0.25) is 27.3 Å². The molecule has 0 unspecified atom stereocenters. The van der Waals surface area contributed by atoms with Gasteiger partial charge in [-0.3, -0.25) is 20.0 Å². The fourth-order valence-corrected chi connectivity index (χ4v) is 13.4. The number of hydrogen-bond acceptors (Lipinski definition) is 20. The normalized spacial score (nSPS) is 20.4. The average Bonchev–Trinajstić information content (AvgIpc) is 1.63. The van der Waals surface area contributed by atoms with Crippen molar-refractivity contribution in [2.45, 2.75) is 79.7 Å². The molecule has 10 aromatic rings. The molecule has 0 saturated heterocycles. The Labute approximate surface area is 544 Å². The van der Waals surface area contributed by atoms with Gasteiger partial charge >= 0.3 is 27.4 Å². The zero-order valence-corrected chi connectivity index (χ0v) is 53.6. The highest BCUT2D eigenvalue weighted by Gasteiger charge is 2.38. The largest absolute Gasteiger partial charge is 0.439 e. The van der Waals surface area contributed by atoms with Crippen LogP contribution in [0.3, 0.4) is 0 Å². The van der Waals surface area contributed by atoms with Crippen LogP contribution in [0.5, 0.6) is 0 Å². The van der Waals surface area contributed by atoms with E-state index < -0.39 is 6.98 Å². The minimum Gasteiger partial charge on any atom is -0.439 e. The second-order valence-electron chi connectivity index (χ2n) is 24.4. The van der Waals surface area contributed by atoms with E-state index in [2.05, 4.69) is 248 Å². The van der Waals surface area contributed by atoms with Crippen molar-refractivity contribution in [2.24, 2.45) is 0 Å². The molecule has 0 spiro atoms. The van der Waals surface area contributed by atoms with Crippen LogP contribution >= 0.6 is 0 Å². The molecule has 93 heavy (non-hydrogen) atoms. The van der Waals surface area contributed by atoms with Gasteiger partial charge in [-0.25, -0.2) is 19.9 Å². The van der Waals surface area contributed by atoms with Crippen molar-refractivity contribution in [2.75, 3.05) is 35.9 Å². The molecule has 20 nitrogen and oxygen atoms in total. The summed E-state index contributed by atoms with van der Waals surface area (Å²) in [6, 6.07) is 34.9. The lowest BCUT2D eigenvalue weighted by molar-refractivity contribution is 0.0856. The molecule has 2 aromatic carbocycles. The van der Waals surface area contributed by atoms with Crippen molar-refractivity contribution >= 4 is 138 Å². The molecule has 8 aliphatic rings. The molecule has 4 atom stereocenters. The summed E-state index contributed by atoms with van der Waals surface area (Å²) in [7, 11) is 4.23. The summed E-state index contributed by atoms with van der Waals surface area (Å²) >= 11 is 0. The number of benzene rings is 2. The highest BCUT2D eigenvalue weighted by Crippen LogP contribution is 2.40. The average molecular weight is 1240 g/mol. The second-order valence-corrected chi connectivity index (χ2v) is 24.4.